The molecular weight excluding hydrogens is 327 g/mol. The maximum atomic E-state index is 13.5. The maximum absolute atomic E-state index is 13.5. The number of nitrogens with zero attached hydrogens (tertiary/aromatic N) is 1. The summed E-state index contributed by atoms with van der Waals surface area (Å²) in [5.41, 5.74) is 9.27. The van der Waals surface area contributed by atoms with E-state index in [0.29, 0.717) is 45.7 Å². The molecule has 1 aromatic heterocycles. The van der Waals surface area contributed by atoms with E-state index in [1.54, 1.807) is 6.07 Å². The molecule has 120 valence electrons. The number of nitrogens with two attached hydrogens (primary N) is 1. The lowest BCUT2D eigenvalue weighted by atomic mass is 9.80. The Bertz CT molecular complexity index is 969. The number of Topliss-reactive ketones (excluding diaryl/α,β-unsaturated/α-hetero) is 1. The van der Waals surface area contributed by atoms with Gasteiger partial charge in [-0.1, -0.05) is 23.7 Å². The topological polar surface area (TPSA) is 56.0 Å². The van der Waals surface area contributed by atoms with Crippen molar-refractivity contribution in [1.82, 2.24) is 4.98 Å². The number of hydrogen-bond acceptors (Lipinski definition) is 3. The summed E-state index contributed by atoms with van der Waals surface area (Å²) in [4.78, 5) is 17.2. The number of anilines is 1. The van der Waals surface area contributed by atoms with Gasteiger partial charge >= 0.3 is 0 Å². The van der Waals surface area contributed by atoms with Crippen molar-refractivity contribution in [2.75, 3.05) is 5.73 Å². The predicted molar refractivity (Wildman–Crippen MR) is 93.0 cm³/mol. The van der Waals surface area contributed by atoms with Crippen LogP contribution in [0.1, 0.15) is 34.0 Å². The van der Waals surface area contributed by atoms with Crippen LogP contribution in [-0.4, -0.2) is 10.8 Å². The minimum absolute atomic E-state index is 0.0482. The lowest BCUT2D eigenvalue weighted by molar-refractivity contribution is 0.0964. The van der Waals surface area contributed by atoms with E-state index in [1.807, 2.05) is 24.3 Å². The normalized spacial score (nSPS) is 17.1. The maximum Gasteiger partial charge on any atom is 0.167 e. The fourth-order valence-electron chi connectivity index (χ4n) is 3.37. The van der Waals surface area contributed by atoms with Crippen LogP contribution in [0, 0.1) is 5.82 Å². The minimum atomic E-state index is -0.391. The first kappa shape index (κ1) is 15.1. The van der Waals surface area contributed by atoms with Gasteiger partial charge in [-0.05, 0) is 48.2 Å². The number of carbonyl (C=O) groups is 1. The molecular formula is C19H14ClFN2O. The zero-order chi connectivity index (χ0) is 16.8. The summed E-state index contributed by atoms with van der Waals surface area (Å²) in [5, 5.41) is 1.16. The number of fused-ring (bicyclic) bond motifs is 2. The average molecular weight is 341 g/mol. The molecule has 0 amide bonds. The number of halogens is 2. The summed E-state index contributed by atoms with van der Waals surface area (Å²) in [5.74, 6) is -0.391. The standard InChI is InChI=1S/C19H14ClFN2O/c20-12-3-1-10(2-4-12)11-7-16-18(17(24)8-11)19(22)14-9-13(21)5-6-15(14)23-16/h1-6,9,11H,7-8H2,(H2,22,23). The second-order valence-electron chi connectivity index (χ2n) is 6.09. The van der Waals surface area contributed by atoms with Crippen LogP contribution in [-0.2, 0) is 6.42 Å². The third-order valence-corrected chi connectivity index (χ3v) is 4.81. The van der Waals surface area contributed by atoms with Crippen molar-refractivity contribution in [2.24, 2.45) is 0 Å². The molecule has 2 N–H and O–H groups in total. The SMILES string of the molecule is Nc1c2c(nc3ccc(F)cc13)CC(c1ccc(Cl)cc1)CC2=O. The minimum Gasteiger partial charge on any atom is -0.398 e. The molecule has 1 unspecified atom stereocenters. The Hall–Kier alpha value is -2.46. The lowest BCUT2D eigenvalue weighted by Crippen LogP contribution is -2.22. The molecule has 2 aromatic carbocycles. The van der Waals surface area contributed by atoms with Crippen molar-refractivity contribution < 1.29 is 9.18 Å². The highest BCUT2D eigenvalue weighted by Crippen LogP contribution is 2.37. The van der Waals surface area contributed by atoms with E-state index in [9.17, 15) is 9.18 Å². The zero-order valence-corrected chi connectivity index (χ0v) is 13.5. The van der Waals surface area contributed by atoms with Crippen LogP contribution in [0.5, 0.6) is 0 Å². The molecule has 24 heavy (non-hydrogen) atoms. The van der Waals surface area contributed by atoms with Gasteiger partial charge in [-0.15, -0.1) is 0 Å². The number of pyridine rings is 1. The van der Waals surface area contributed by atoms with Crippen LogP contribution in [0.25, 0.3) is 10.9 Å². The molecule has 1 atom stereocenters. The Morgan fingerprint density at radius 3 is 2.62 bits per heavy atom. The van der Waals surface area contributed by atoms with Gasteiger partial charge in [0.15, 0.2) is 5.78 Å². The molecule has 1 aliphatic rings. The Morgan fingerprint density at radius 2 is 1.88 bits per heavy atom. The molecule has 0 spiro atoms. The van der Waals surface area contributed by atoms with Crippen molar-refractivity contribution in [3.63, 3.8) is 0 Å². The third kappa shape index (κ3) is 2.43. The summed E-state index contributed by atoms with van der Waals surface area (Å²) in [6.45, 7) is 0. The van der Waals surface area contributed by atoms with Gasteiger partial charge in [0.05, 0.1) is 22.5 Å². The van der Waals surface area contributed by atoms with E-state index in [4.69, 9.17) is 17.3 Å². The van der Waals surface area contributed by atoms with Crippen molar-refractivity contribution in [3.05, 3.63) is 70.1 Å². The summed E-state index contributed by atoms with van der Waals surface area (Å²) >= 11 is 5.93. The molecule has 5 heteroatoms. The van der Waals surface area contributed by atoms with Crippen molar-refractivity contribution in [2.45, 2.75) is 18.8 Å². The van der Waals surface area contributed by atoms with E-state index in [0.717, 1.165) is 5.56 Å². The highest BCUT2D eigenvalue weighted by atomic mass is 35.5. The van der Waals surface area contributed by atoms with Crippen molar-refractivity contribution >= 4 is 34.0 Å². The molecule has 1 heterocycles. The number of rotatable bonds is 1. The summed E-state index contributed by atoms with van der Waals surface area (Å²) in [6, 6.07) is 11.8. The van der Waals surface area contributed by atoms with Crippen LogP contribution < -0.4 is 5.73 Å². The number of ketones is 1. The molecule has 0 bridgehead atoms. The monoisotopic (exact) mass is 340 g/mol. The third-order valence-electron chi connectivity index (χ3n) is 4.55. The highest BCUT2D eigenvalue weighted by molar-refractivity contribution is 6.30. The van der Waals surface area contributed by atoms with E-state index < -0.39 is 5.82 Å². The second kappa shape index (κ2) is 5.56. The van der Waals surface area contributed by atoms with Crippen LogP contribution in [0.15, 0.2) is 42.5 Å². The van der Waals surface area contributed by atoms with Crippen LogP contribution in [0.3, 0.4) is 0 Å². The number of carbonyl (C=O) groups excluding carboxylic acids is 1. The van der Waals surface area contributed by atoms with E-state index in [1.165, 1.54) is 12.1 Å². The predicted octanol–water partition coefficient (Wildman–Crippen LogP) is 4.52. The summed E-state index contributed by atoms with van der Waals surface area (Å²) in [6.07, 6.45) is 0.988. The van der Waals surface area contributed by atoms with Crippen molar-refractivity contribution in [3.8, 4) is 0 Å². The van der Waals surface area contributed by atoms with Gasteiger partial charge in [0, 0.05) is 16.8 Å². The number of nitrogen functional groups attached to an aromatic ring is 1. The molecule has 0 saturated heterocycles. The molecule has 4 rings (SSSR count). The molecule has 0 saturated carbocycles. The van der Waals surface area contributed by atoms with Crippen LogP contribution in [0.4, 0.5) is 10.1 Å². The number of hydrogen-bond donors (Lipinski definition) is 1. The van der Waals surface area contributed by atoms with Crippen molar-refractivity contribution in [1.29, 1.82) is 0 Å². The first-order valence-electron chi connectivity index (χ1n) is 7.69. The largest absolute Gasteiger partial charge is 0.398 e. The number of benzene rings is 2. The molecule has 3 nitrogen and oxygen atoms in total. The first-order valence-corrected chi connectivity index (χ1v) is 8.07. The first-order chi connectivity index (χ1) is 11.5. The van der Waals surface area contributed by atoms with Gasteiger partial charge in [-0.2, -0.15) is 0 Å². The fourth-order valence-corrected chi connectivity index (χ4v) is 3.50. The van der Waals surface area contributed by atoms with Crippen LogP contribution >= 0.6 is 11.6 Å². The lowest BCUT2D eigenvalue weighted by Gasteiger charge is -2.25. The molecule has 0 radical (unpaired) electrons. The average Bonchev–Trinajstić information content (AvgIpc) is 2.56. The second-order valence-corrected chi connectivity index (χ2v) is 6.52. The number of aromatic nitrogens is 1. The van der Waals surface area contributed by atoms with Gasteiger partial charge < -0.3 is 5.73 Å². The molecule has 1 aliphatic carbocycles. The molecule has 0 fully saturated rings. The smallest absolute Gasteiger partial charge is 0.167 e. The molecule has 0 aliphatic heterocycles. The van der Waals surface area contributed by atoms with E-state index >= 15 is 0 Å². The zero-order valence-electron chi connectivity index (χ0n) is 12.7. The summed E-state index contributed by atoms with van der Waals surface area (Å²) < 4.78 is 13.5. The Kier molecular flexibility index (Phi) is 3.50. The van der Waals surface area contributed by atoms with Crippen LogP contribution in [0.2, 0.25) is 5.02 Å². The Labute approximate surface area is 143 Å². The quantitative estimate of drug-likeness (QED) is 0.708. The Morgan fingerprint density at radius 1 is 1.12 bits per heavy atom. The van der Waals surface area contributed by atoms with Gasteiger partial charge in [-0.25, -0.2) is 4.39 Å². The van der Waals surface area contributed by atoms with Gasteiger partial charge in [0.1, 0.15) is 5.82 Å². The summed E-state index contributed by atoms with van der Waals surface area (Å²) in [7, 11) is 0. The van der Waals surface area contributed by atoms with Gasteiger partial charge in [-0.3, -0.25) is 9.78 Å². The van der Waals surface area contributed by atoms with E-state index in [-0.39, 0.29) is 11.7 Å². The van der Waals surface area contributed by atoms with Gasteiger partial charge in [0.2, 0.25) is 0 Å². The Balaban J connectivity index is 1.83. The van der Waals surface area contributed by atoms with E-state index in [2.05, 4.69) is 4.98 Å². The highest BCUT2D eigenvalue weighted by Gasteiger charge is 2.30. The van der Waals surface area contributed by atoms with Gasteiger partial charge in [0.25, 0.3) is 0 Å². The fraction of sp³-hybridized carbons (Fsp3) is 0.158. The molecule has 3 aromatic rings.